The van der Waals surface area contributed by atoms with Crippen molar-refractivity contribution in [3.63, 3.8) is 0 Å². The smallest absolute Gasteiger partial charge is 0.329 e. The minimum atomic E-state index is -3.13. The van der Waals surface area contributed by atoms with Crippen molar-refractivity contribution in [3.8, 4) is 0 Å². The fourth-order valence-corrected chi connectivity index (χ4v) is 7.07. The number of hydrogen-bond acceptors (Lipinski definition) is 6. The standard InChI is InChI=1S/C16H17ClN2O6S2/c17-11-3-1-10(2-4-11)5-19-12-8-27(23,24)9-13(12)26-16(19)18-14(20)6-25-7-15(21)22/h1-4,12-13H,5-9H2,(H,21,22)/t12-,13-/m0/s1. The Morgan fingerprint density at radius 3 is 2.63 bits per heavy atom. The molecule has 0 radical (unpaired) electrons. The Hall–Kier alpha value is -1.62. The maximum atomic E-state index is 12.0. The van der Waals surface area contributed by atoms with E-state index in [1.807, 2.05) is 17.0 Å². The highest BCUT2D eigenvalue weighted by Gasteiger charge is 2.48. The van der Waals surface area contributed by atoms with Gasteiger partial charge in [-0.25, -0.2) is 13.2 Å². The molecule has 2 fully saturated rings. The Labute approximate surface area is 165 Å². The Morgan fingerprint density at radius 2 is 1.96 bits per heavy atom. The minimum absolute atomic E-state index is 0.0149. The van der Waals surface area contributed by atoms with Crippen LogP contribution in [0.4, 0.5) is 0 Å². The van der Waals surface area contributed by atoms with Gasteiger partial charge in [0.25, 0.3) is 5.91 Å². The number of nitrogens with zero attached hydrogens (tertiary/aromatic N) is 2. The Balaban J connectivity index is 1.77. The van der Waals surface area contributed by atoms with Gasteiger partial charge >= 0.3 is 5.97 Å². The number of carbonyl (C=O) groups excluding carboxylic acids is 1. The second-order valence-corrected chi connectivity index (χ2v) is 10.0. The normalized spacial score (nSPS) is 24.9. The Bertz CT molecular complexity index is 871. The number of carboxylic acid groups (broad SMARTS) is 1. The third kappa shape index (κ3) is 5.22. The average molecular weight is 433 g/mol. The molecule has 0 saturated carbocycles. The predicted molar refractivity (Wildman–Crippen MR) is 102 cm³/mol. The van der Waals surface area contributed by atoms with E-state index >= 15 is 0 Å². The van der Waals surface area contributed by atoms with Crippen molar-refractivity contribution >= 4 is 50.2 Å². The number of aliphatic carboxylic acids is 1. The van der Waals surface area contributed by atoms with Crippen molar-refractivity contribution in [2.45, 2.75) is 17.8 Å². The molecule has 1 amide bonds. The first-order valence-corrected chi connectivity index (χ1v) is 11.1. The predicted octanol–water partition coefficient (Wildman–Crippen LogP) is 1.04. The van der Waals surface area contributed by atoms with Crippen LogP contribution in [-0.2, 0) is 30.7 Å². The number of benzene rings is 1. The van der Waals surface area contributed by atoms with Crippen LogP contribution < -0.4 is 0 Å². The third-order valence-electron chi connectivity index (χ3n) is 4.11. The monoisotopic (exact) mass is 432 g/mol. The molecule has 0 bridgehead atoms. The summed E-state index contributed by atoms with van der Waals surface area (Å²) in [7, 11) is -3.13. The second kappa shape index (κ2) is 8.17. The maximum Gasteiger partial charge on any atom is 0.329 e. The SMILES string of the molecule is O=C(O)COCC(=O)N=C1S[C@H]2CS(=O)(=O)C[C@@H]2N1Cc1ccc(Cl)cc1. The first-order chi connectivity index (χ1) is 12.7. The van der Waals surface area contributed by atoms with Gasteiger partial charge in [-0.3, -0.25) is 4.79 Å². The number of thioether (sulfide) groups is 1. The van der Waals surface area contributed by atoms with Gasteiger partial charge in [-0.05, 0) is 17.7 Å². The number of sulfone groups is 1. The number of aliphatic imine (C=N–C) groups is 1. The number of rotatable bonds is 6. The lowest BCUT2D eigenvalue weighted by atomic mass is 10.1. The van der Waals surface area contributed by atoms with Crippen molar-refractivity contribution in [1.29, 1.82) is 0 Å². The van der Waals surface area contributed by atoms with Crippen LogP contribution in [0.1, 0.15) is 5.56 Å². The minimum Gasteiger partial charge on any atom is -0.480 e. The molecule has 0 spiro atoms. The second-order valence-electron chi connectivity index (χ2n) is 6.23. The van der Waals surface area contributed by atoms with Crippen LogP contribution in [0.2, 0.25) is 5.02 Å². The van der Waals surface area contributed by atoms with Gasteiger partial charge in [0.1, 0.15) is 13.2 Å². The van der Waals surface area contributed by atoms with Gasteiger partial charge < -0.3 is 14.7 Å². The van der Waals surface area contributed by atoms with E-state index < -0.39 is 34.9 Å². The zero-order valence-electron chi connectivity index (χ0n) is 14.1. The Kier molecular flexibility index (Phi) is 6.09. The maximum absolute atomic E-state index is 12.0. The van der Waals surface area contributed by atoms with Gasteiger partial charge in [0, 0.05) is 16.8 Å². The van der Waals surface area contributed by atoms with Gasteiger partial charge in [-0.1, -0.05) is 35.5 Å². The summed E-state index contributed by atoms with van der Waals surface area (Å²) >= 11 is 7.16. The van der Waals surface area contributed by atoms with Gasteiger partial charge in [-0.2, -0.15) is 4.99 Å². The zero-order valence-corrected chi connectivity index (χ0v) is 16.5. The van der Waals surface area contributed by atoms with E-state index in [1.54, 1.807) is 12.1 Å². The molecule has 1 aromatic rings. The molecular formula is C16H17ClN2O6S2. The van der Waals surface area contributed by atoms with Crippen LogP contribution >= 0.6 is 23.4 Å². The van der Waals surface area contributed by atoms with E-state index in [2.05, 4.69) is 4.99 Å². The fourth-order valence-electron chi connectivity index (χ4n) is 2.97. The summed E-state index contributed by atoms with van der Waals surface area (Å²) in [5.41, 5.74) is 0.909. The molecule has 3 rings (SSSR count). The summed E-state index contributed by atoms with van der Waals surface area (Å²) in [5.74, 6) is -1.72. The van der Waals surface area contributed by atoms with E-state index in [-0.39, 0.29) is 22.8 Å². The van der Waals surface area contributed by atoms with E-state index in [1.165, 1.54) is 11.8 Å². The van der Waals surface area contributed by atoms with Crippen molar-refractivity contribution in [2.24, 2.45) is 4.99 Å². The molecule has 11 heteroatoms. The van der Waals surface area contributed by atoms with Crippen molar-refractivity contribution < 1.29 is 27.9 Å². The number of hydrogen-bond donors (Lipinski definition) is 1. The number of carboxylic acids is 1. The summed E-state index contributed by atoms with van der Waals surface area (Å²) < 4.78 is 28.7. The number of fused-ring (bicyclic) bond motifs is 1. The van der Waals surface area contributed by atoms with Crippen LogP contribution in [0.5, 0.6) is 0 Å². The highest BCUT2D eigenvalue weighted by molar-refractivity contribution is 8.15. The third-order valence-corrected chi connectivity index (χ3v) is 7.61. The van der Waals surface area contributed by atoms with E-state index in [0.29, 0.717) is 16.7 Å². The molecule has 0 aromatic heterocycles. The summed E-state index contributed by atoms with van der Waals surface area (Å²) in [6.45, 7) is -0.635. The Morgan fingerprint density at radius 1 is 1.26 bits per heavy atom. The summed E-state index contributed by atoms with van der Waals surface area (Å²) in [6, 6.07) is 6.88. The molecule has 1 N–H and O–H groups in total. The van der Waals surface area contributed by atoms with Gasteiger partial charge in [0.15, 0.2) is 15.0 Å². The van der Waals surface area contributed by atoms with Crippen LogP contribution in [0.3, 0.4) is 0 Å². The molecule has 2 aliphatic heterocycles. The quantitative estimate of drug-likeness (QED) is 0.709. The van der Waals surface area contributed by atoms with Crippen LogP contribution in [-0.4, -0.2) is 71.5 Å². The average Bonchev–Trinajstić information content (AvgIpc) is 3.02. The lowest BCUT2D eigenvalue weighted by Gasteiger charge is -2.24. The van der Waals surface area contributed by atoms with Crippen molar-refractivity contribution in [3.05, 3.63) is 34.9 Å². The number of amides is 1. The van der Waals surface area contributed by atoms with Crippen molar-refractivity contribution in [1.82, 2.24) is 4.90 Å². The largest absolute Gasteiger partial charge is 0.480 e. The lowest BCUT2D eigenvalue weighted by molar-refractivity contribution is -0.143. The molecule has 146 valence electrons. The van der Waals surface area contributed by atoms with Gasteiger partial charge in [0.2, 0.25) is 0 Å². The topological polar surface area (TPSA) is 113 Å². The van der Waals surface area contributed by atoms with Crippen LogP contribution in [0.25, 0.3) is 0 Å². The zero-order chi connectivity index (χ0) is 19.6. The summed E-state index contributed by atoms with van der Waals surface area (Å²) in [5, 5.41) is 9.38. The first-order valence-electron chi connectivity index (χ1n) is 8.03. The molecule has 2 heterocycles. The fraction of sp³-hybridized carbons (Fsp3) is 0.438. The molecule has 0 aliphatic carbocycles. The number of ether oxygens (including phenoxy) is 1. The molecule has 8 nitrogen and oxygen atoms in total. The molecular weight excluding hydrogens is 416 g/mol. The number of amidine groups is 1. The molecule has 1 aromatic carbocycles. The molecule has 2 saturated heterocycles. The highest BCUT2D eigenvalue weighted by Crippen LogP contribution is 2.39. The summed E-state index contributed by atoms with van der Waals surface area (Å²) in [4.78, 5) is 28.3. The molecule has 0 unspecified atom stereocenters. The number of halogens is 1. The lowest BCUT2D eigenvalue weighted by Crippen LogP contribution is -2.37. The molecule has 27 heavy (non-hydrogen) atoms. The van der Waals surface area contributed by atoms with Gasteiger partial charge in [0.05, 0.1) is 17.5 Å². The van der Waals surface area contributed by atoms with E-state index in [0.717, 1.165) is 5.56 Å². The van der Waals surface area contributed by atoms with E-state index in [9.17, 15) is 18.0 Å². The summed E-state index contributed by atoms with van der Waals surface area (Å²) in [6.07, 6.45) is 0. The van der Waals surface area contributed by atoms with Gasteiger partial charge in [-0.15, -0.1) is 0 Å². The molecule has 2 aliphatic rings. The van der Waals surface area contributed by atoms with E-state index in [4.69, 9.17) is 21.4 Å². The highest BCUT2D eigenvalue weighted by atomic mass is 35.5. The van der Waals surface area contributed by atoms with Crippen molar-refractivity contribution in [2.75, 3.05) is 24.7 Å². The first kappa shape index (κ1) is 20.1. The van der Waals surface area contributed by atoms with Crippen LogP contribution in [0.15, 0.2) is 29.3 Å². The number of carbonyl (C=O) groups is 2. The van der Waals surface area contributed by atoms with Crippen LogP contribution in [0, 0.1) is 0 Å². The molecule has 2 atom stereocenters.